The van der Waals surface area contributed by atoms with Crippen molar-refractivity contribution in [2.24, 2.45) is 0 Å². The van der Waals surface area contributed by atoms with Gasteiger partial charge in [0.05, 0.1) is 6.33 Å². The molecule has 1 unspecified atom stereocenters. The summed E-state index contributed by atoms with van der Waals surface area (Å²) < 4.78 is 2.11. The van der Waals surface area contributed by atoms with E-state index in [1.54, 1.807) is 0 Å². The first-order valence-corrected chi connectivity index (χ1v) is 7.87. The predicted octanol–water partition coefficient (Wildman–Crippen LogP) is 5.55. The molecule has 2 aromatic rings. The lowest BCUT2D eigenvalue weighted by molar-refractivity contribution is 0.501. The van der Waals surface area contributed by atoms with Gasteiger partial charge in [-0.1, -0.05) is 49.0 Å². The van der Waals surface area contributed by atoms with Crippen LogP contribution in [-0.2, 0) is 6.54 Å². The predicted molar refractivity (Wildman–Crippen MR) is 85.6 cm³/mol. The number of unbranched alkanes of at least 4 members (excludes halogenated alkanes) is 1. The van der Waals surface area contributed by atoms with Crippen LogP contribution in [-0.4, -0.2) is 9.55 Å². The quantitative estimate of drug-likeness (QED) is 0.655. The van der Waals surface area contributed by atoms with Crippen molar-refractivity contribution in [3.8, 4) is 0 Å². The van der Waals surface area contributed by atoms with E-state index in [0.29, 0.717) is 10.9 Å². The second-order valence-corrected chi connectivity index (χ2v) is 5.94. The van der Waals surface area contributed by atoms with Gasteiger partial charge in [0.1, 0.15) is 0 Å². The monoisotopic (exact) mass is 310 g/mol. The minimum Gasteiger partial charge on any atom is -0.337 e. The smallest absolute Gasteiger partial charge is 0.0945 e. The van der Waals surface area contributed by atoms with Gasteiger partial charge in [0.25, 0.3) is 0 Å². The van der Waals surface area contributed by atoms with Crippen molar-refractivity contribution in [1.82, 2.24) is 9.55 Å². The number of benzene rings is 1. The fraction of sp³-hybridized carbons (Fsp3) is 0.438. The molecule has 4 heteroatoms. The van der Waals surface area contributed by atoms with Gasteiger partial charge in [0.15, 0.2) is 0 Å². The summed E-state index contributed by atoms with van der Waals surface area (Å²) in [6.07, 6.45) is 10.3. The topological polar surface area (TPSA) is 17.8 Å². The zero-order valence-corrected chi connectivity index (χ0v) is 13.2. The molecule has 0 bridgehead atoms. The van der Waals surface area contributed by atoms with Crippen molar-refractivity contribution in [3.05, 3.63) is 52.5 Å². The molecule has 0 amide bonds. The fourth-order valence-corrected chi connectivity index (χ4v) is 3.03. The maximum atomic E-state index is 6.36. The van der Waals surface area contributed by atoms with E-state index in [2.05, 4.69) is 22.5 Å². The third kappa shape index (κ3) is 4.26. The van der Waals surface area contributed by atoms with Crippen molar-refractivity contribution >= 4 is 23.2 Å². The molecular formula is C16H20Cl2N2. The van der Waals surface area contributed by atoms with Gasteiger partial charge in [-0.05, 0) is 36.5 Å². The van der Waals surface area contributed by atoms with E-state index in [1.165, 1.54) is 18.4 Å². The number of hydrogen-bond acceptors (Lipinski definition) is 1. The van der Waals surface area contributed by atoms with Gasteiger partial charge in [-0.25, -0.2) is 4.98 Å². The average molecular weight is 311 g/mol. The van der Waals surface area contributed by atoms with Crippen LogP contribution in [0.5, 0.6) is 0 Å². The van der Waals surface area contributed by atoms with Gasteiger partial charge in [-0.3, -0.25) is 0 Å². The molecule has 2 rings (SSSR count). The summed E-state index contributed by atoms with van der Waals surface area (Å²) in [6.45, 7) is 3.18. The molecule has 0 aliphatic heterocycles. The first-order valence-electron chi connectivity index (χ1n) is 7.11. The molecule has 0 saturated heterocycles. The maximum absolute atomic E-state index is 6.36. The molecule has 0 spiro atoms. The van der Waals surface area contributed by atoms with Crippen molar-refractivity contribution < 1.29 is 0 Å². The number of nitrogens with zero attached hydrogens (tertiary/aromatic N) is 2. The molecule has 20 heavy (non-hydrogen) atoms. The number of aromatic nitrogens is 2. The Morgan fingerprint density at radius 3 is 2.75 bits per heavy atom. The molecule has 0 aliphatic rings. The van der Waals surface area contributed by atoms with Crippen LogP contribution in [0, 0.1) is 0 Å². The molecule has 1 atom stereocenters. The Hall–Kier alpha value is -0.990. The van der Waals surface area contributed by atoms with Crippen LogP contribution in [0.4, 0.5) is 0 Å². The summed E-state index contributed by atoms with van der Waals surface area (Å²) in [7, 11) is 0. The van der Waals surface area contributed by atoms with E-state index in [-0.39, 0.29) is 0 Å². The van der Waals surface area contributed by atoms with Crippen molar-refractivity contribution in [2.45, 2.75) is 45.1 Å². The van der Waals surface area contributed by atoms with E-state index >= 15 is 0 Å². The average Bonchev–Trinajstić information content (AvgIpc) is 2.93. The molecule has 0 radical (unpaired) electrons. The van der Waals surface area contributed by atoms with Crippen LogP contribution < -0.4 is 0 Å². The standard InChI is InChI=1S/C16H20Cl2N2/c1-2-3-4-13(7-9-20-10-8-19-12-20)15-6-5-14(17)11-16(15)18/h5-6,8,10-13H,2-4,7,9H2,1H3. The van der Waals surface area contributed by atoms with E-state index < -0.39 is 0 Å². The zero-order chi connectivity index (χ0) is 14.4. The molecule has 0 fully saturated rings. The summed E-state index contributed by atoms with van der Waals surface area (Å²) in [5.41, 5.74) is 1.21. The van der Waals surface area contributed by atoms with E-state index in [1.807, 2.05) is 30.9 Å². The summed E-state index contributed by atoms with van der Waals surface area (Å²) in [4.78, 5) is 4.08. The second kappa shape index (κ2) is 7.70. The Morgan fingerprint density at radius 1 is 1.25 bits per heavy atom. The number of imidazole rings is 1. The Labute approximate surface area is 130 Å². The van der Waals surface area contributed by atoms with Gasteiger partial charge in [-0.2, -0.15) is 0 Å². The molecule has 0 saturated carbocycles. The summed E-state index contributed by atoms with van der Waals surface area (Å²) >= 11 is 12.3. The molecule has 1 aromatic carbocycles. The highest BCUT2D eigenvalue weighted by Crippen LogP contribution is 2.33. The number of aryl methyl sites for hydroxylation is 1. The largest absolute Gasteiger partial charge is 0.337 e. The lowest BCUT2D eigenvalue weighted by atomic mass is 9.90. The highest BCUT2D eigenvalue weighted by atomic mass is 35.5. The number of halogens is 2. The summed E-state index contributed by atoms with van der Waals surface area (Å²) in [6, 6.07) is 5.84. The Bertz CT molecular complexity index is 523. The first-order chi connectivity index (χ1) is 9.70. The van der Waals surface area contributed by atoms with Gasteiger partial charge in [-0.15, -0.1) is 0 Å². The molecule has 1 aromatic heterocycles. The van der Waals surface area contributed by atoms with Gasteiger partial charge < -0.3 is 4.57 Å². The summed E-state index contributed by atoms with van der Waals surface area (Å²) in [5.74, 6) is 0.474. The van der Waals surface area contributed by atoms with E-state index in [9.17, 15) is 0 Å². The van der Waals surface area contributed by atoms with Gasteiger partial charge >= 0.3 is 0 Å². The Morgan fingerprint density at radius 2 is 2.10 bits per heavy atom. The second-order valence-electron chi connectivity index (χ2n) is 5.09. The third-order valence-electron chi connectivity index (χ3n) is 3.60. The molecule has 2 nitrogen and oxygen atoms in total. The van der Waals surface area contributed by atoms with Crippen LogP contribution in [0.3, 0.4) is 0 Å². The Balaban J connectivity index is 2.09. The SMILES string of the molecule is CCCCC(CCn1ccnc1)c1ccc(Cl)cc1Cl. The normalized spacial score (nSPS) is 12.6. The first kappa shape index (κ1) is 15.4. The van der Waals surface area contributed by atoms with E-state index in [0.717, 1.165) is 24.4 Å². The lowest BCUT2D eigenvalue weighted by Crippen LogP contribution is -2.05. The number of hydrogen-bond donors (Lipinski definition) is 0. The minimum atomic E-state index is 0.474. The minimum absolute atomic E-state index is 0.474. The third-order valence-corrected chi connectivity index (χ3v) is 4.17. The molecule has 0 N–H and O–H groups in total. The lowest BCUT2D eigenvalue weighted by Gasteiger charge is -2.19. The van der Waals surface area contributed by atoms with Crippen molar-refractivity contribution in [2.75, 3.05) is 0 Å². The Kier molecular flexibility index (Phi) is 5.93. The molecular weight excluding hydrogens is 291 g/mol. The highest BCUT2D eigenvalue weighted by molar-refractivity contribution is 6.35. The van der Waals surface area contributed by atoms with Gasteiger partial charge in [0.2, 0.25) is 0 Å². The van der Waals surface area contributed by atoms with Crippen molar-refractivity contribution in [3.63, 3.8) is 0 Å². The summed E-state index contributed by atoms with van der Waals surface area (Å²) in [5, 5.41) is 1.48. The van der Waals surface area contributed by atoms with Crippen LogP contribution in [0.15, 0.2) is 36.9 Å². The highest BCUT2D eigenvalue weighted by Gasteiger charge is 2.15. The zero-order valence-electron chi connectivity index (χ0n) is 11.7. The molecule has 1 heterocycles. The van der Waals surface area contributed by atoms with Crippen LogP contribution in [0.1, 0.15) is 44.1 Å². The van der Waals surface area contributed by atoms with Crippen LogP contribution >= 0.6 is 23.2 Å². The van der Waals surface area contributed by atoms with E-state index in [4.69, 9.17) is 23.2 Å². The number of rotatable bonds is 7. The van der Waals surface area contributed by atoms with Gasteiger partial charge in [0, 0.05) is 29.0 Å². The maximum Gasteiger partial charge on any atom is 0.0945 e. The fourth-order valence-electron chi connectivity index (χ4n) is 2.46. The molecule has 0 aliphatic carbocycles. The van der Waals surface area contributed by atoms with Crippen LogP contribution in [0.2, 0.25) is 10.0 Å². The van der Waals surface area contributed by atoms with Crippen LogP contribution in [0.25, 0.3) is 0 Å². The van der Waals surface area contributed by atoms with Crippen molar-refractivity contribution in [1.29, 1.82) is 0 Å². The molecule has 108 valence electrons.